The van der Waals surface area contributed by atoms with Crippen molar-refractivity contribution in [2.75, 3.05) is 20.3 Å². The van der Waals surface area contributed by atoms with Gasteiger partial charge >= 0.3 is 6.09 Å². The number of nitrogens with zero attached hydrogens (tertiary/aromatic N) is 1. The molecular formula is C50H55NO10. The molecule has 10 atom stereocenters. The Labute approximate surface area is 358 Å². The van der Waals surface area contributed by atoms with E-state index in [1.807, 2.05) is 159 Å². The van der Waals surface area contributed by atoms with Gasteiger partial charge in [-0.15, -0.1) is 0 Å². The van der Waals surface area contributed by atoms with Crippen molar-refractivity contribution in [3.8, 4) is 0 Å². The highest BCUT2D eigenvalue weighted by Crippen LogP contribution is 2.39. The van der Waals surface area contributed by atoms with Gasteiger partial charge in [0.25, 0.3) is 0 Å². The first-order valence-electron chi connectivity index (χ1n) is 21.1. The molecule has 5 aromatic rings. The minimum Gasteiger partial charge on any atom is -0.443 e. The van der Waals surface area contributed by atoms with Crippen LogP contribution >= 0.6 is 0 Å². The Hall–Kier alpha value is -4.95. The highest BCUT2D eigenvalue weighted by atomic mass is 16.7. The molecule has 3 saturated heterocycles. The van der Waals surface area contributed by atoms with E-state index in [9.17, 15) is 4.79 Å². The number of carbonyl (C=O) groups excluding carboxylic acids is 1. The zero-order chi connectivity index (χ0) is 41.8. The maximum absolute atomic E-state index is 13.7. The van der Waals surface area contributed by atoms with Crippen LogP contribution in [0.5, 0.6) is 0 Å². The number of amides is 1. The van der Waals surface area contributed by atoms with Crippen LogP contribution in [0.2, 0.25) is 0 Å². The van der Waals surface area contributed by atoms with E-state index in [1.54, 1.807) is 12.0 Å². The molecule has 11 heteroatoms. The first-order chi connectivity index (χ1) is 30.0. The molecule has 320 valence electrons. The molecule has 3 aliphatic heterocycles. The predicted molar refractivity (Wildman–Crippen MR) is 227 cm³/mol. The molecule has 3 heterocycles. The predicted octanol–water partition coefficient (Wildman–Crippen LogP) is 8.10. The standard InChI is InChI=1S/C50H55NO10/c1-35-41(33-54-29-37-20-10-4-11-21-37)59-48(43-44(35)61-50(52)51(43)28-36-18-8-3-9-19-36)58-34-42-45(55-30-38-22-12-5-13-23-38)46(56-31-39-24-14-6-15-25-39)47(49(53-2)60-42)57-32-40-26-16-7-17-27-40/h3-27,35,41-49H,28-34H2,1-2H3/t35-,41?,42?,43?,44+,45+,46-,47?,48?,49+/m1/s1. The number of rotatable bonds is 19. The number of hydrogen-bond donors (Lipinski definition) is 0. The van der Waals surface area contributed by atoms with E-state index >= 15 is 0 Å². The second kappa shape index (κ2) is 21.2. The number of ether oxygens (including phenoxy) is 9. The average Bonchev–Trinajstić information content (AvgIpc) is 3.64. The largest absolute Gasteiger partial charge is 0.443 e. The first kappa shape index (κ1) is 42.7. The molecule has 0 aliphatic carbocycles. The summed E-state index contributed by atoms with van der Waals surface area (Å²) in [4.78, 5) is 15.4. The van der Waals surface area contributed by atoms with Crippen molar-refractivity contribution >= 4 is 6.09 Å². The fourth-order valence-corrected chi connectivity index (χ4v) is 8.27. The first-order valence-corrected chi connectivity index (χ1v) is 21.1. The summed E-state index contributed by atoms with van der Waals surface area (Å²) in [5.41, 5.74) is 5.01. The number of fused-ring (bicyclic) bond motifs is 1. The lowest BCUT2D eigenvalue weighted by molar-refractivity contribution is -0.333. The van der Waals surface area contributed by atoms with Gasteiger partial charge < -0.3 is 42.6 Å². The number of hydrogen-bond acceptors (Lipinski definition) is 10. The monoisotopic (exact) mass is 829 g/mol. The average molecular weight is 830 g/mol. The van der Waals surface area contributed by atoms with Crippen LogP contribution in [0.15, 0.2) is 152 Å². The van der Waals surface area contributed by atoms with Gasteiger partial charge in [0.2, 0.25) is 0 Å². The van der Waals surface area contributed by atoms with Crippen molar-refractivity contribution in [1.29, 1.82) is 0 Å². The molecule has 0 spiro atoms. The zero-order valence-corrected chi connectivity index (χ0v) is 34.7. The molecule has 61 heavy (non-hydrogen) atoms. The second-order valence-corrected chi connectivity index (χ2v) is 15.8. The van der Waals surface area contributed by atoms with Crippen molar-refractivity contribution in [2.24, 2.45) is 5.92 Å². The molecule has 0 bridgehead atoms. The molecule has 0 N–H and O–H groups in total. The molecule has 0 radical (unpaired) electrons. The van der Waals surface area contributed by atoms with Crippen LogP contribution in [0.3, 0.4) is 0 Å². The summed E-state index contributed by atoms with van der Waals surface area (Å²) in [6.45, 7) is 3.98. The van der Waals surface area contributed by atoms with Crippen molar-refractivity contribution in [3.63, 3.8) is 0 Å². The third-order valence-electron chi connectivity index (χ3n) is 11.6. The van der Waals surface area contributed by atoms with E-state index in [2.05, 4.69) is 0 Å². The summed E-state index contributed by atoms with van der Waals surface area (Å²) in [5, 5.41) is 0. The Morgan fingerprint density at radius 2 is 0.967 bits per heavy atom. The van der Waals surface area contributed by atoms with Crippen LogP contribution in [0.1, 0.15) is 34.7 Å². The Morgan fingerprint density at radius 1 is 0.508 bits per heavy atom. The van der Waals surface area contributed by atoms with E-state index in [0.29, 0.717) is 26.4 Å². The van der Waals surface area contributed by atoms with Crippen LogP contribution in [-0.4, -0.2) is 86.6 Å². The smallest absolute Gasteiger partial charge is 0.410 e. The van der Waals surface area contributed by atoms with Gasteiger partial charge in [-0.25, -0.2) is 4.79 Å². The van der Waals surface area contributed by atoms with Gasteiger partial charge in [-0.3, -0.25) is 4.90 Å². The highest BCUT2D eigenvalue weighted by Gasteiger charge is 2.56. The molecule has 11 nitrogen and oxygen atoms in total. The van der Waals surface area contributed by atoms with Crippen LogP contribution in [0.25, 0.3) is 0 Å². The van der Waals surface area contributed by atoms with Gasteiger partial charge in [-0.05, 0) is 27.8 Å². The minimum atomic E-state index is -0.892. The van der Waals surface area contributed by atoms with Crippen LogP contribution < -0.4 is 0 Å². The van der Waals surface area contributed by atoms with Crippen LogP contribution in [0.4, 0.5) is 4.79 Å². The van der Waals surface area contributed by atoms with Crippen LogP contribution in [0, 0.1) is 5.92 Å². The van der Waals surface area contributed by atoms with Gasteiger partial charge in [-0.1, -0.05) is 159 Å². The molecule has 3 fully saturated rings. The lowest BCUT2D eigenvalue weighted by Crippen LogP contribution is -2.63. The van der Waals surface area contributed by atoms with Gasteiger partial charge in [0.1, 0.15) is 36.6 Å². The van der Waals surface area contributed by atoms with E-state index in [-0.39, 0.29) is 25.7 Å². The maximum atomic E-state index is 13.7. The van der Waals surface area contributed by atoms with Crippen molar-refractivity contribution in [2.45, 2.75) is 95.1 Å². The summed E-state index contributed by atoms with van der Waals surface area (Å²) >= 11 is 0. The van der Waals surface area contributed by atoms with Crippen molar-refractivity contribution < 1.29 is 47.4 Å². The highest BCUT2D eigenvalue weighted by molar-refractivity contribution is 5.71. The molecule has 0 aromatic heterocycles. The SMILES string of the molecule is CO[C@H]1OC(COC2OC(COCc3ccccc3)[C@@H](C)[C@@H]3OC(=O)N(Cc4ccccc4)C23)[C@H](OCc2ccccc2)[C@@H](OCc2ccccc2)C1OCc1ccccc1. The summed E-state index contributed by atoms with van der Waals surface area (Å²) in [7, 11) is 1.60. The molecule has 3 aliphatic rings. The Morgan fingerprint density at radius 3 is 1.49 bits per heavy atom. The molecule has 5 unspecified atom stereocenters. The summed E-state index contributed by atoms with van der Waals surface area (Å²) in [6, 6.07) is 49.2. The third-order valence-corrected chi connectivity index (χ3v) is 11.6. The minimum absolute atomic E-state index is 0.0170. The third kappa shape index (κ3) is 10.9. The summed E-state index contributed by atoms with van der Waals surface area (Å²) < 4.78 is 59.1. The number of methoxy groups -OCH3 is 1. The van der Waals surface area contributed by atoms with Gasteiger partial charge in [-0.2, -0.15) is 0 Å². The van der Waals surface area contributed by atoms with Crippen molar-refractivity contribution in [3.05, 3.63) is 179 Å². The van der Waals surface area contributed by atoms with Gasteiger partial charge in [0.05, 0.1) is 45.7 Å². The van der Waals surface area contributed by atoms with Gasteiger partial charge in [0.15, 0.2) is 12.6 Å². The molecule has 0 saturated carbocycles. The quantitative estimate of drug-likeness (QED) is 0.0812. The lowest BCUT2D eigenvalue weighted by Gasteiger charge is -2.47. The van der Waals surface area contributed by atoms with E-state index in [0.717, 1.165) is 27.8 Å². The lowest BCUT2D eigenvalue weighted by atomic mass is 9.89. The Kier molecular flexibility index (Phi) is 14.9. The van der Waals surface area contributed by atoms with Crippen molar-refractivity contribution in [1.82, 2.24) is 4.90 Å². The zero-order valence-electron chi connectivity index (χ0n) is 34.7. The topological polar surface area (TPSA) is 103 Å². The number of carbonyl (C=O) groups is 1. The molecule has 1 amide bonds. The summed E-state index contributed by atoms with van der Waals surface area (Å²) in [5.74, 6) is -0.186. The molecule has 8 rings (SSSR count). The van der Waals surface area contributed by atoms with E-state index < -0.39 is 61.3 Å². The van der Waals surface area contributed by atoms with E-state index in [1.165, 1.54) is 0 Å². The number of benzene rings is 5. The fraction of sp³-hybridized carbons (Fsp3) is 0.380. The van der Waals surface area contributed by atoms with Crippen LogP contribution in [-0.2, 0) is 75.6 Å². The molecular weight excluding hydrogens is 775 g/mol. The van der Waals surface area contributed by atoms with Gasteiger partial charge in [0, 0.05) is 19.6 Å². The van der Waals surface area contributed by atoms with E-state index in [4.69, 9.17) is 42.6 Å². The maximum Gasteiger partial charge on any atom is 0.410 e. The Balaban J connectivity index is 1.07. The summed E-state index contributed by atoms with van der Waals surface area (Å²) in [6.07, 6.45) is -5.79. The normalized spacial score (nSPS) is 27.4. The second-order valence-electron chi connectivity index (χ2n) is 15.8. The Bertz CT molecular complexity index is 2050. The molecule has 5 aromatic carbocycles. The fourth-order valence-electron chi connectivity index (χ4n) is 8.27.